The number of rotatable bonds is 7. The van der Waals surface area contributed by atoms with Crippen LogP contribution in [0.5, 0.6) is 5.75 Å². The van der Waals surface area contributed by atoms with Crippen molar-refractivity contribution in [3.05, 3.63) is 29.3 Å². The number of alkyl halides is 3. The van der Waals surface area contributed by atoms with Gasteiger partial charge in [0.25, 0.3) is 5.91 Å². The molecule has 0 unspecified atom stereocenters. The van der Waals surface area contributed by atoms with Gasteiger partial charge in [-0.25, -0.2) is 0 Å². The van der Waals surface area contributed by atoms with Gasteiger partial charge in [0.2, 0.25) is 0 Å². The number of hydrogen-bond acceptors (Lipinski definition) is 3. The predicted molar refractivity (Wildman–Crippen MR) is 72.7 cm³/mol. The molecule has 1 aromatic carbocycles. The van der Waals surface area contributed by atoms with Gasteiger partial charge < -0.3 is 15.8 Å². The molecule has 0 aliphatic heterocycles. The van der Waals surface area contributed by atoms with E-state index in [0.29, 0.717) is 12.1 Å². The number of halogens is 3. The van der Waals surface area contributed by atoms with Crippen molar-refractivity contribution in [3.8, 4) is 5.75 Å². The number of carbonyl (C=O) groups excluding carboxylic acids is 1. The first-order valence-electron chi connectivity index (χ1n) is 6.68. The molecule has 118 valence electrons. The minimum atomic E-state index is -4.56. The van der Waals surface area contributed by atoms with Crippen LogP contribution in [0.15, 0.2) is 18.2 Å². The van der Waals surface area contributed by atoms with Crippen molar-refractivity contribution in [2.45, 2.75) is 32.5 Å². The summed E-state index contributed by atoms with van der Waals surface area (Å²) >= 11 is 0. The average Bonchev–Trinajstić information content (AvgIpc) is 2.44. The number of amides is 1. The number of hydrogen-bond donors (Lipinski definition) is 2. The summed E-state index contributed by atoms with van der Waals surface area (Å²) in [6, 6.07) is 3.56. The Bertz CT molecular complexity index is 476. The van der Waals surface area contributed by atoms with Gasteiger partial charge >= 0.3 is 6.18 Å². The smallest absolute Gasteiger partial charge is 0.419 e. The molecule has 0 saturated carbocycles. The van der Waals surface area contributed by atoms with Gasteiger partial charge in [0.05, 0.1) is 5.56 Å². The Morgan fingerprint density at radius 3 is 2.67 bits per heavy atom. The number of benzene rings is 1. The number of nitrogens with two attached hydrogens (primary N) is 1. The molecule has 7 heteroatoms. The number of ether oxygens (including phenoxy) is 1. The molecule has 0 atom stereocenters. The Hall–Kier alpha value is -1.76. The molecule has 0 spiro atoms. The van der Waals surface area contributed by atoms with Gasteiger partial charge in [-0.3, -0.25) is 4.79 Å². The summed E-state index contributed by atoms with van der Waals surface area (Å²) in [5.41, 5.74) is 4.75. The first kappa shape index (κ1) is 17.3. The fraction of sp³-hybridized carbons (Fsp3) is 0.500. The maximum Gasteiger partial charge on any atom is 0.419 e. The second-order valence-electron chi connectivity index (χ2n) is 4.52. The fourth-order valence-electron chi connectivity index (χ4n) is 1.65. The van der Waals surface area contributed by atoms with Crippen molar-refractivity contribution in [1.82, 2.24) is 5.32 Å². The molecule has 0 saturated heterocycles. The van der Waals surface area contributed by atoms with Crippen molar-refractivity contribution in [2.75, 3.05) is 13.2 Å². The molecule has 3 N–H and O–H groups in total. The average molecular weight is 304 g/mol. The Morgan fingerprint density at radius 1 is 1.38 bits per heavy atom. The number of carbonyl (C=O) groups is 1. The Kier molecular flexibility index (Phi) is 6.48. The zero-order valence-electron chi connectivity index (χ0n) is 11.8. The van der Waals surface area contributed by atoms with Gasteiger partial charge in [0.1, 0.15) is 5.75 Å². The van der Waals surface area contributed by atoms with Gasteiger partial charge in [0.15, 0.2) is 6.61 Å². The Balaban J connectivity index is 2.72. The monoisotopic (exact) mass is 304 g/mol. The molecule has 0 aliphatic rings. The number of unbranched alkanes of at least 4 members (excludes halogenated alkanes) is 1. The Labute approximate surface area is 121 Å². The van der Waals surface area contributed by atoms with E-state index in [2.05, 4.69) is 5.32 Å². The second-order valence-corrected chi connectivity index (χ2v) is 4.52. The summed E-state index contributed by atoms with van der Waals surface area (Å²) in [6.45, 7) is 2.00. The third-order valence-electron chi connectivity index (χ3n) is 2.80. The highest BCUT2D eigenvalue weighted by atomic mass is 19.4. The van der Waals surface area contributed by atoms with E-state index in [1.54, 1.807) is 0 Å². The summed E-state index contributed by atoms with van der Waals surface area (Å²) in [6.07, 6.45) is -2.83. The first-order chi connectivity index (χ1) is 9.88. The number of nitrogens with one attached hydrogen (secondary N) is 1. The largest absolute Gasteiger partial charge is 0.483 e. The highest BCUT2D eigenvalue weighted by molar-refractivity contribution is 5.77. The molecule has 0 aromatic heterocycles. The van der Waals surface area contributed by atoms with E-state index in [9.17, 15) is 18.0 Å². The standard InChI is InChI=1S/C14H19F3N2O2/c1-2-3-6-19-13(20)9-21-12-5-4-10(8-18)7-11(12)14(15,16)17/h4-5,7H,2-3,6,8-9,18H2,1H3,(H,19,20). The lowest BCUT2D eigenvalue weighted by Gasteiger charge is -2.15. The lowest BCUT2D eigenvalue weighted by molar-refractivity contribution is -0.139. The molecule has 0 radical (unpaired) electrons. The SMILES string of the molecule is CCCCNC(=O)COc1ccc(CN)cc1C(F)(F)F. The molecular weight excluding hydrogens is 285 g/mol. The summed E-state index contributed by atoms with van der Waals surface area (Å²) in [5.74, 6) is -0.815. The maximum absolute atomic E-state index is 12.9. The summed E-state index contributed by atoms with van der Waals surface area (Å²) < 4.78 is 43.7. The van der Waals surface area contributed by atoms with Crippen LogP contribution in [0.3, 0.4) is 0 Å². The molecule has 0 aliphatic carbocycles. The minimum Gasteiger partial charge on any atom is -0.483 e. The van der Waals surface area contributed by atoms with Crippen molar-refractivity contribution in [2.24, 2.45) is 5.73 Å². The first-order valence-corrected chi connectivity index (χ1v) is 6.68. The molecule has 1 rings (SSSR count). The van der Waals surface area contributed by atoms with Crippen molar-refractivity contribution in [3.63, 3.8) is 0 Å². The molecule has 1 amide bonds. The van der Waals surface area contributed by atoms with Gasteiger partial charge in [-0.1, -0.05) is 19.4 Å². The maximum atomic E-state index is 12.9. The van der Waals surface area contributed by atoms with Gasteiger partial charge in [-0.15, -0.1) is 0 Å². The minimum absolute atomic E-state index is 0.000857. The molecule has 0 bridgehead atoms. The van der Waals surface area contributed by atoms with E-state index < -0.39 is 24.3 Å². The molecule has 1 aromatic rings. The van der Waals surface area contributed by atoms with Crippen LogP contribution in [-0.2, 0) is 17.5 Å². The third kappa shape index (κ3) is 5.63. The topological polar surface area (TPSA) is 64.3 Å². The quantitative estimate of drug-likeness (QED) is 0.761. The summed E-state index contributed by atoms with van der Waals surface area (Å²) in [5, 5.41) is 2.57. The van der Waals surface area contributed by atoms with E-state index >= 15 is 0 Å². The van der Waals surface area contributed by atoms with E-state index in [1.165, 1.54) is 12.1 Å². The fourth-order valence-corrected chi connectivity index (χ4v) is 1.65. The zero-order chi connectivity index (χ0) is 15.9. The molecule has 0 fully saturated rings. The van der Waals surface area contributed by atoms with Crippen molar-refractivity contribution in [1.29, 1.82) is 0 Å². The van der Waals surface area contributed by atoms with Crippen LogP contribution < -0.4 is 15.8 Å². The van der Waals surface area contributed by atoms with Crippen LogP contribution in [0.4, 0.5) is 13.2 Å². The molecule has 4 nitrogen and oxygen atoms in total. The Morgan fingerprint density at radius 2 is 2.10 bits per heavy atom. The highest BCUT2D eigenvalue weighted by Crippen LogP contribution is 2.36. The van der Waals surface area contributed by atoms with Crippen LogP contribution in [0.25, 0.3) is 0 Å². The van der Waals surface area contributed by atoms with Crippen molar-refractivity contribution < 1.29 is 22.7 Å². The van der Waals surface area contributed by atoms with E-state index in [-0.39, 0.29) is 12.3 Å². The van der Waals surface area contributed by atoms with Gasteiger partial charge in [-0.2, -0.15) is 13.2 Å². The lowest BCUT2D eigenvalue weighted by atomic mass is 10.1. The van der Waals surface area contributed by atoms with Crippen LogP contribution in [0.1, 0.15) is 30.9 Å². The van der Waals surface area contributed by atoms with Gasteiger partial charge in [-0.05, 0) is 24.1 Å². The van der Waals surface area contributed by atoms with E-state index in [4.69, 9.17) is 10.5 Å². The van der Waals surface area contributed by atoms with E-state index in [0.717, 1.165) is 18.9 Å². The molecule has 21 heavy (non-hydrogen) atoms. The van der Waals surface area contributed by atoms with Crippen LogP contribution >= 0.6 is 0 Å². The zero-order valence-corrected chi connectivity index (χ0v) is 11.8. The lowest BCUT2D eigenvalue weighted by Crippen LogP contribution is -2.30. The van der Waals surface area contributed by atoms with Crippen LogP contribution in [-0.4, -0.2) is 19.1 Å². The summed E-state index contributed by atoms with van der Waals surface area (Å²) in [7, 11) is 0. The normalized spacial score (nSPS) is 11.3. The van der Waals surface area contributed by atoms with Crippen molar-refractivity contribution >= 4 is 5.91 Å². The third-order valence-corrected chi connectivity index (χ3v) is 2.80. The van der Waals surface area contributed by atoms with Crippen LogP contribution in [0.2, 0.25) is 0 Å². The van der Waals surface area contributed by atoms with E-state index in [1.807, 2.05) is 6.92 Å². The predicted octanol–water partition coefficient (Wildman–Crippen LogP) is 2.46. The second kappa shape index (κ2) is 7.87. The molecular formula is C14H19F3N2O2. The molecule has 0 heterocycles. The van der Waals surface area contributed by atoms with Gasteiger partial charge in [0, 0.05) is 13.1 Å². The summed E-state index contributed by atoms with van der Waals surface area (Å²) in [4.78, 5) is 11.4. The highest BCUT2D eigenvalue weighted by Gasteiger charge is 2.34. The van der Waals surface area contributed by atoms with Crippen LogP contribution in [0, 0.1) is 0 Å².